The molecule has 2 heterocycles. The Balaban J connectivity index is 1.70. The summed E-state index contributed by atoms with van der Waals surface area (Å²) in [5.41, 5.74) is 1.34. The lowest BCUT2D eigenvalue weighted by molar-refractivity contribution is -0.137. The standard InChI is InChI=1S/C22H21F3N4/c23-22(24,25)17-7-4-8-18(13-17)27-20-14-19(15-5-2-1-3-6-15)28-21(29-20)16-9-11-26-12-10-16/h1-8,13-14,16,26H,9-12H2,(H,27,28,29). The molecule has 0 bridgehead atoms. The van der Waals surface area contributed by atoms with Crippen LogP contribution in [0.1, 0.15) is 30.1 Å². The Labute approximate surface area is 167 Å². The molecule has 0 saturated carbocycles. The first-order valence-electron chi connectivity index (χ1n) is 9.58. The molecule has 1 aliphatic heterocycles. The van der Waals surface area contributed by atoms with Crippen LogP contribution in [0.15, 0.2) is 60.7 Å². The van der Waals surface area contributed by atoms with Crippen molar-refractivity contribution in [2.45, 2.75) is 24.9 Å². The van der Waals surface area contributed by atoms with E-state index in [1.165, 1.54) is 6.07 Å². The molecule has 0 atom stereocenters. The number of rotatable bonds is 4. The molecule has 0 unspecified atom stereocenters. The Bertz CT molecular complexity index is 967. The summed E-state index contributed by atoms with van der Waals surface area (Å²) in [5, 5.41) is 6.37. The second kappa shape index (κ2) is 8.21. The van der Waals surface area contributed by atoms with Crippen molar-refractivity contribution in [3.8, 4) is 11.3 Å². The fraction of sp³-hybridized carbons (Fsp3) is 0.273. The monoisotopic (exact) mass is 398 g/mol. The third-order valence-electron chi connectivity index (χ3n) is 4.98. The van der Waals surface area contributed by atoms with Crippen LogP contribution in [0, 0.1) is 0 Å². The van der Waals surface area contributed by atoms with E-state index >= 15 is 0 Å². The number of halogens is 3. The van der Waals surface area contributed by atoms with Gasteiger partial charge in [0.25, 0.3) is 0 Å². The van der Waals surface area contributed by atoms with Crippen molar-refractivity contribution >= 4 is 11.5 Å². The molecular weight excluding hydrogens is 377 g/mol. The van der Waals surface area contributed by atoms with Gasteiger partial charge in [0.05, 0.1) is 11.3 Å². The molecule has 7 heteroatoms. The van der Waals surface area contributed by atoms with Crippen molar-refractivity contribution in [3.05, 3.63) is 72.1 Å². The molecule has 0 amide bonds. The summed E-state index contributed by atoms with van der Waals surface area (Å²) in [5.74, 6) is 1.44. The molecule has 2 aromatic carbocycles. The second-order valence-corrected chi connectivity index (χ2v) is 7.09. The van der Waals surface area contributed by atoms with Crippen LogP contribution in [0.3, 0.4) is 0 Å². The highest BCUT2D eigenvalue weighted by Gasteiger charge is 2.30. The number of aromatic nitrogens is 2. The highest BCUT2D eigenvalue weighted by molar-refractivity contribution is 5.66. The first-order valence-corrected chi connectivity index (χ1v) is 9.58. The van der Waals surface area contributed by atoms with Gasteiger partial charge in [0.2, 0.25) is 0 Å². The average Bonchev–Trinajstić information content (AvgIpc) is 2.74. The van der Waals surface area contributed by atoms with Gasteiger partial charge in [-0.3, -0.25) is 0 Å². The quantitative estimate of drug-likeness (QED) is 0.620. The van der Waals surface area contributed by atoms with Gasteiger partial charge in [-0.15, -0.1) is 0 Å². The van der Waals surface area contributed by atoms with E-state index in [4.69, 9.17) is 4.98 Å². The lowest BCUT2D eigenvalue weighted by atomic mass is 9.97. The molecule has 4 rings (SSSR count). The third-order valence-corrected chi connectivity index (χ3v) is 4.98. The molecule has 0 radical (unpaired) electrons. The number of nitrogens with zero attached hydrogens (tertiary/aromatic N) is 2. The van der Waals surface area contributed by atoms with E-state index in [2.05, 4.69) is 15.6 Å². The number of benzene rings is 2. The number of hydrogen-bond donors (Lipinski definition) is 2. The Morgan fingerprint density at radius 1 is 0.897 bits per heavy atom. The van der Waals surface area contributed by atoms with Crippen LogP contribution in [-0.2, 0) is 6.18 Å². The van der Waals surface area contributed by atoms with Crippen molar-refractivity contribution in [3.63, 3.8) is 0 Å². The lowest BCUT2D eigenvalue weighted by Crippen LogP contribution is -2.27. The maximum absolute atomic E-state index is 13.0. The zero-order valence-electron chi connectivity index (χ0n) is 15.7. The minimum absolute atomic E-state index is 0.224. The number of nitrogens with one attached hydrogen (secondary N) is 2. The van der Waals surface area contributed by atoms with Gasteiger partial charge in [-0.25, -0.2) is 9.97 Å². The fourth-order valence-corrected chi connectivity index (χ4v) is 3.47. The molecule has 1 aromatic heterocycles. The molecule has 150 valence electrons. The molecule has 2 N–H and O–H groups in total. The molecule has 4 nitrogen and oxygen atoms in total. The van der Waals surface area contributed by atoms with Gasteiger partial charge in [-0.2, -0.15) is 13.2 Å². The van der Waals surface area contributed by atoms with Crippen LogP contribution in [0.5, 0.6) is 0 Å². The van der Waals surface area contributed by atoms with Crippen LogP contribution in [0.4, 0.5) is 24.7 Å². The average molecular weight is 398 g/mol. The van der Waals surface area contributed by atoms with Gasteiger partial charge >= 0.3 is 6.18 Å². The Hall–Kier alpha value is -2.93. The van der Waals surface area contributed by atoms with Gasteiger partial charge in [0, 0.05) is 23.2 Å². The van der Waals surface area contributed by atoms with Gasteiger partial charge in [0.1, 0.15) is 11.6 Å². The summed E-state index contributed by atoms with van der Waals surface area (Å²) in [6, 6.07) is 16.6. The largest absolute Gasteiger partial charge is 0.416 e. The summed E-state index contributed by atoms with van der Waals surface area (Å²) in [4.78, 5) is 9.41. The third kappa shape index (κ3) is 4.74. The first-order chi connectivity index (χ1) is 14.0. The van der Waals surface area contributed by atoms with Crippen molar-refractivity contribution in [2.24, 2.45) is 0 Å². The fourth-order valence-electron chi connectivity index (χ4n) is 3.47. The van der Waals surface area contributed by atoms with Crippen LogP contribution in [-0.4, -0.2) is 23.1 Å². The normalized spacial score (nSPS) is 15.3. The number of alkyl halides is 3. The molecule has 3 aromatic rings. The van der Waals surface area contributed by atoms with Crippen LogP contribution >= 0.6 is 0 Å². The zero-order valence-corrected chi connectivity index (χ0v) is 15.7. The molecule has 29 heavy (non-hydrogen) atoms. The van der Waals surface area contributed by atoms with Crippen LogP contribution in [0.25, 0.3) is 11.3 Å². The minimum Gasteiger partial charge on any atom is -0.340 e. The number of anilines is 2. The Morgan fingerprint density at radius 3 is 2.38 bits per heavy atom. The maximum Gasteiger partial charge on any atom is 0.416 e. The predicted octanol–water partition coefficient (Wildman–Crippen LogP) is 5.37. The first kappa shape index (κ1) is 19.4. The molecule has 1 saturated heterocycles. The lowest BCUT2D eigenvalue weighted by Gasteiger charge is -2.22. The number of hydrogen-bond acceptors (Lipinski definition) is 4. The molecule has 0 aliphatic carbocycles. The van der Waals surface area contributed by atoms with Crippen molar-refractivity contribution in [1.29, 1.82) is 0 Å². The van der Waals surface area contributed by atoms with Crippen molar-refractivity contribution in [2.75, 3.05) is 18.4 Å². The molecule has 1 aliphatic rings. The SMILES string of the molecule is FC(F)(F)c1cccc(Nc2cc(-c3ccccc3)nc(C3CCNCC3)n2)c1. The minimum atomic E-state index is -4.39. The van der Waals surface area contributed by atoms with E-state index in [-0.39, 0.29) is 5.92 Å². The van der Waals surface area contributed by atoms with Gasteiger partial charge < -0.3 is 10.6 Å². The highest BCUT2D eigenvalue weighted by Crippen LogP contribution is 2.32. The topological polar surface area (TPSA) is 49.8 Å². The molecule has 0 spiro atoms. The van der Waals surface area contributed by atoms with Gasteiger partial charge in [0.15, 0.2) is 0 Å². The van der Waals surface area contributed by atoms with E-state index in [0.717, 1.165) is 55.1 Å². The summed E-state index contributed by atoms with van der Waals surface area (Å²) >= 11 is 0. The van der Waals surface area contributed by atoms with Gasteiger partial charge in [-0.1, -0.05) is 36.4 Å². The predicted molar refractivity (Wildman–Crippen MR) is 107 cm³/mol. The summed E-state index contributed by atoms with van der Waals surface area (Å²) in [6.07, 6.45) is -2.53. The van der Waals surface area contributed by atoms with Crippen LogP contribution in [0.2, 0.25) is 0 Å². The zero-order chi connectivity index (χ0) is 20.3. The van der Waals surface area contributed by atoms with Crippen molar-refractivity contribution < 1.29 is 13.2 Å². The Morgan fingerprint density at radius 2 is 1.66 bits per heavy atom. The highest BCUT2D eigenvalue weighted by atomic mass is 19.4. The summed E-state index contributed by atoms with van der Waals surface area (Å²) < 4.78 is 39.1. The van der Waals surface area contributed by atoms with E-state index in [1.807, 2.05) is 30.3 Å². The summed E-state index contributed by atoms with van der Waals surface area (Å²) in [7, 11) is 0. The molecule has 1 fully saturated rings. The van der Waals surface area contributed by atoms with E-state index in [9.17, 15) is 13.2 Å². The van der Waals surface area contributed by atoms with E-state index in [0.29, 0.717) is 11.5 Å². The smallest absolute Gasteiger partial charge is 0.340 e. The Kier molecular flexibility index (Phi) is 5.49. The van der Waals surface area contributed by atoms with E-state index in [1.54, 1.807) is 12.1 Å². The maximum atomic E-state index is 13.0. The van der Waals surface area contributed by atoms with E-state index < -0.39 is 11.7 Å². The summed E-state index contributed by atoms with van der Waals surface area (Å²) in [6.45, 7) is 1.81. The van der Waals surface area contributed by atoms with Crippen molar-refractivity contribution in [1.82, 2.24) is 15.3 Å². The molecular formula is C22H21F3N4. The van der Waals surface area contributed by atoms with Crippen LogP contribution < -0.4 is 10.6 Å². The second-order valence-electron chi connectivity index (χ2n) is 7.09. The van der Waals surface area contributed by atoms with Gasteiger partial charge in [-0.05, 0) is 44.1 Å². The number of piperidine rings is 1.